The number of ketones is 1. The number of thioether (sulfide) groups is 1. The molecule has 0 aliphatic heterocycles. The first kappa shape index (κ1) is 18.3. The molecule has 1 heterocycles. The zero-order chi connectivity index (χ0) is 18.5. The van der Waals surface area contributed by atoms with Gasteiger partial charge in [0.1, 0.15) is 5.82 Å². The van der Waals surface area contributed by atoms with Gasteiger partial charge in [-0.15, -0.1) is 11.3 Å². The molecule has 0 bridgehead atoms. The zero-order valence-electron chi connectivity index (χ0n) is 13.9. The van der Waals surface area contributed by atoms with Gasteiger partial charge < -0.3 is 5.32 Å². The lowest BCUT2D eigenvalue weighted by Gasteiger charge is -2.03. The number of carbonyl (C=O) groups excluding carboxylic acids is 2. The Bertz CT molecular complexity index is 921. The maximum absolute atomic E-state index is 13.0. The topological polar surface area (TPSA) is 59.1 Å². The first-order valence-electron chi connectivity index (χ1n) is 7.76. The molecule has 0 saturated carbocycles. The smallest absolute Gasteiger partial charge is 0.221 e. The number of hydrogen-bond acceptors (Lipinski definition) is 5. The predicted octanol–water partition coefficient (Wildman–Crippen LogP) is 4.88. The summed E-state index contributed by atoms with van der Waals surface area (Å²) in [4.78, 5) is 27.8. The molecule has 132 valence electrons. The molecule has 0 aliphatic rings. The number of thiazole rings is 1. The van der Waals surface area contributed by atoms with Crippen LogP contribution in [-0.2, 0) is 4.79 Å². The summed E-state index contributed by atoms with van der Waals surface area (Å²) in [6.45, 7) is 1.43. The SMILES string of the molecule is CC(=O)Nc1ccc(C(=O)CSc2nc(-c3ccc(F)cc3)cs2)cc1. The summed E-state index contributed by atoms with van der Waals surface area (Å²) in [6.07, 6.45) is 0. The van der Waals surface area contributed by atoms with Crippen molar-refractivity contribution in [1.82, 2.24) is 4.98 Å². The average molecular weight is 386 g/mol. The summed E-state index contributed by atoms with van der Waals surface area (Å²) < 4.78 is 13.8. The Morgan fingerprint density at radius 2 is 1.81 bits per heavy atom. The molecular formula is C19H15FN2O2S2. The first-order valence-corrected chi connectivity index (χ1v) is 9.63. The van der Waals surface area contributed by atoms with Crippen LogP contribution in [0.2, 0.25) is 0 Å². The van der Waals surface area contributed by atoms with Gasteiger partial charge >= 0.3 is 0 Å². The molecule has 7 heteroatoms. The predicted molar refractivity (Wildman–Crippen MR) is 103 cm³/mol. The number of carbonyl (C=O) groups is 2. The van der Waals surface area contributed by atoms with Crippen LogP contribution in [0.5, 0.6) is 0 Å². The Balaban J connectivity index is 1.59. The summed E-state index contributed by atoms with van der Waals surface area (Å²) in [5.41, 5.74) is 2.85. The minimum Gasteiger partial charge on any atom is -0.326 e. The van der Waals surface area contributed by atoms with Crippen molar-refractivity contribution in [3.8, 4) is 11.3 Å². The number of anilines is 1. The molecule has 3 aromatic rings. The maximum Gasteiger partial charge on any atom is 0.221 e. The quantitative estimate of drug-likeness (QED) is 0.484. The summed E-state index contributed by atoms with van der Waals surface area (Å²) in [6, 6.07) is 13.0. The van der Waals surface area contributed by atoms with Crippen molar-refractivity contribution in [2.45, 2.75) is 11.3 Å². The van der Waals surface area contributed by atoms with Gasteiger partial charge in [-0.2, -0.15) is 0 Å². The fourth-order valence-corrected chi connectivity index (χ4v) is 3.96. The normalized spacial score (nSPS) is 10.5. The van der Waals surface area contributed by atoms with E-state index in [-0.39, 0.29) is 23.3 Å². The molecule has 2 aromatic carbocycles. The first-order chi connectivity index (χ1) is 12.5. The fourth-order valence-electron chi connectivity index (χ4n) is 2.23. The second kappa shape index (κ2) is 8.25. The molecule has 3 rings (SSSR count). The number of benzene rings is 2. The Morgan fingerprint density at radius 1 is 1.12 bits per heavy atom. The van der Waals surface area contributed by atoms with Crippen LogP contribution in [0.25, 0.3) is 11.3 Å². The second-order valence-corrected chi connectivity index (χ2v) is 7.56. The average Bonchev–Trinajstić information content (AvgIpc) is 3.09. The van der Waals surface area contributed by atoms with E-state index in [4.69, 9.17) is 0 Å². The molecule has 0 aliphatic carbocycles. The third-order valence-electron chi connectivity index (χ3n) is 3.48. The second-order valence-electron chi connectivity index (χ2n) is 5.48. The van der Waals surface area contributed by atoms with Crippen LogP contribution >= 0.6 is 23.1 Å². The van der Waals surface area contributed by atoms with Crippen molar-refractivity contribution >= 4 is 40.5 Å². The van der Waals surface area contributed by atoms with Crippen molar-refractivity contribution in [2.75, 3.05) is 11.1 Å². The van der Waals surface area contributed by atoms with Crippen LogP contribution in [-0.4, -0.2) is 22.4 Å². The third kappa shape index (κ3) is 4.77. The Kier molecular flexibility index (Phi) is 5.80. The van der Waals surface area contributed by atoms with Gasteiger partial charge in [0.05, 0.1) is 11.4 Å². The number of rotatable bonds is 6. The standard InChI is InChI=1S/C19H15FN2O2S2/c1-12(23)21-16-8-4-14(5-9-16)18(24)11-26-19-22-17(10-25-19)13-2-6-15(20)7-3-13/h2-10H,11H2,1H3,(H,21,23). The van der Waals surface area contributed by atoms with Gasteiger partial charge in [-0.25, -0.2) is 9.37 Å². The van der Waals surface area contributed by atoms with Gasteiger partial charge in [0.25, 0.3) is 0 Å². The highest BCUT2D eigenvalue weighted by Crippen LogP contribution is 2.29. The van der Waals surface area contributed by atoms with Gasteiger partial charge in [0, 0.05) is 29.1 Å². The summed E-state index contributed by atoms with van der Waals surface area (Å²) in [5.74, 6) is -0.174. The number of amides is 1. The molecule has 0 radical (unpaired) electrons. The number of nitrogens with one attached hydrogen (secondary N) is 1. The minimum atomic E-state index is -0.284. The van der Waals surface area contributed by atoms with Gasteiger partial charge in [-0.05, 0) is 48.5 Å². The molecule has 0 unspecified atom stereocenters. The van der Waals surface area contributed by atoms with Crippen LogP contribution < -0.4 is 5.32 Å². The van der Waals surface area contributed by atoms with E-state index in [1.165, 1.54) is 42.2 Å². The van der Waals surface area contributed by atoms with E-state index in [2.05, 4.69) is 10.3 Å². The molecule has 0 fully saturated rings. The van der Waals surface area contributed by atoms with Gasteiger partial charge in [0.2, 0.25) is 5.91 Å². The van der Waals surface area contributed by atoms with E-state index in [1.54, 1.807) is 36.4 Å². The molecule has 4 nitrogen and oxygen atoms in total. The highest BCUT2D eigenvalue weighted by Gasteiger charge is 2.10. The van der Waals surface area contributed by atoms with Crippen molar-refractivity contribution in [1.29, 1.82) is 0 Å². The van der Waals surface area contributed by atoms with Crippen molar-refractivity contribution < 1.29 is 14.0 Å². The Morgan fingerprint density at radius 3 is 2.46 bits per heavy atom. The van der Waals surface area contributed by atoms with E-state index in [9.17, 15) is 14.0 Å². The molecule has 0 saturated heterocycles. The number of aromatic nitrogens is 1. The lowest BCUT2D eigenvalue weighted by atomic mass is 10.1. The van der Waals surface area contributed by atoms with E-state index in [0.717, 1.165) is 15.6 Å². The highest BCUT2D eigenvalue weighted by atomic mass is 32.2. The molecule has 0 spiro atoms. The van der Waals surface area contributed by atoms with Crippen molar-refractivity contribution in [3.05, 3.63) is 65.3 Å². The molecule has 26 heavy (non-hydrogen) atoms. The largest absolute Gasteiger partial charge is 0.326 e. The molecule has 1 aromatic heterocycles. The Labute approximate surface area is 158 Å². The van der Waals surface area contributed by atoms with Crippen LogP contribution in [0.15, 0.2) is 58.3 Å². The van der Waals surface area contributed by atoms with Crippen LogP contribution in [0.3, 0.4) is 0 Å². The van der Waals surface area contributed by atoms with E-state index in [1.807, 2.05) is 5.38 Å². The number of Topliss-reactive ketones (excluding diaryl/α,β-unsaturated/α-hetero) is 1. The van der Waals surface area contributed by atoms with Gasteiger partial charge in [-0.1, -0.05) is 11.8 Å². The molecule has 0 atom stereocenters. The monoisotopic (exact) mass is 386 g/mol. The van der Waals surface area contributed by atoms with E-state index in [0.29, 0.717) is 11.3 Å². The van der Waals surface area contributed by atoms with Crippen LogP contribution in [0.4, 0.5) is 10.1 Å². The number of nitrogens with zero attached hydrogens (tertiary/aromatic N) is 1. The zero-order valence-corrected chi connectivity index (χ0v) is 15.5. The fraction of sp³-hybridized carbons (Fsp3) is 0.105. The number of hydrogen-bond donors (Lipinski definition) is 1. The van der Waals surface area contributed by atoms with Crippen LogP contribution in [0, 0.1) is 5.82 Å². The van der Waals surface area contributed by atoms with Crippen LogP contribution in [0.1, 0.15) is 17.3 Å². The summed E-state index contributed by atoms with van der Waals surface area (Å²) in [5, 5.41) is 4.55. The molecule has 1 amide bonds. The molecule has 1 N–H and O–H groups in total. The van der Waals surface area contributed by atoms with E-state index < -0.39 is 0 Å². The van der Waals surface area contributed by atoms with Gasteiger partial charge in [-0.3, -0.25) is 9.59 Å². The van der Waals surface area contributed by atoms with E-state index >= 15 is 0 Å². The Hall–Kier alpha value is -2.51. The summed E-state index contributed by atoms with van der Waals surface area (Å²) >= 11 is 2.82. The van der Waals surface area contributed by atoms with Crippen molar-refractivity contribution in [2.24, 2.45) is 0 Å². The highest BCUT2D eigenvalue weighted by molar-refractivity contribution is 8.01. The summed E-state index contributed by atoms with van der Waals surface area (Å²) in [7, 11) is 0. The lowest BCUT2D eigenvalue weighted by Crippen LogP contribution is -2.06. The van der Waals surface area contributed by atoms with Crippen molar-refractivity contribution in [3.63, 3.8) is 0 Å². The third-order valence-corrected chi connectivity index (χ3v) is 5.50. The maximum atomic E-state index is 13.0. The minimum absolute atomic E-state index is 0.0112. The molecular weight excluding hydrogens is 371 g/mol. The lowest BCUT2D eigenvalue weighted by molar-refractivity contribution is -0.114. The number of halogens is 1. The van der Waals surface area contributed by atoms with Gasteiger partial charge in [0.15, 0.2) is 10.1 Å².